The van der Waals surface area contributed by atoms with Gasteiger partial charge in [0.2, 0.25) is 0 Å². The number of nitrogens with zero attached hydrogens (tertiary/aromatic N) is 1. The number of rotatable bonds is 5. The minimum absolute atomic E-state index is 0.0337. The van der Waals surface area contributed by atoms with E-state index in [1.54, 1.807) is 20.8 Å². The zero-order chi connectivity index (χ0) is 16.4. The van der Waals surface area contributed by atoms with Gasteiger partial charge in [-0.3, -0.25) is 4.79 Å². The predicted molar refractivity (Wildman–Crippen MR) is 79.8 cm³/mol. The van der Waals surface area contributed by atoms with Gasteiger partial charge >= 0.3 is 5.97 Å². The molecule has 8 heteroatoms. The fourth-order valence-electron chi connectivity index (χ4n) is 1.63. The van der Waals surface area contributed by atoms with Crippen LogP contribution < -0.4 is 4.72 Å². The Bertz CT molecular complexity index is 539. The summed E-state index contributed by atoms with van der Waals surface area (Å²) >= 11 is 4.16. The Labute approximate surface area is 131 Å². The number of aromatic nitrogens is 1. The molecule has 0 bridgehead atoms. The van der Waals surface area contributed by atoms with Crippen LogP contribution in [0.3, 0.4) is 0 Å². The lowest BCUT2D eigenvalue weighted by atomic mass is 9.94. The van der Waals surface area contributed by atoms with E-state index in [1.165, 1.54) is 13.0 Å². The summed E-state index contributed by atoms with van der Waals surface area (Å²) in [6.45, 7) is 6.60. The molecule has 0 saturated carbocycles. The van der Waals surface area contributed by atoms with Gasteiger partial charge in [0.1, 0.15) is 27.0 Å². The molecule has 0 fully saturated rings. The van der Waals surface area contributed by atoms with Crippen molar-refractivity contribution in [2.24, 2.45) is 0 Å². The number of aliphatic carboxylic acids is 1. The summed E-state index contributed by atoms with van der Waals surface area (Å²) in [5, 5.41) is 9.10. The van der Waals surface area contributed by atoms with Crippen molar-refractivity contribution in [3.05, 3.63) is 28.8 Å². The van der Waals surface area contributed by atoms with E-state index in [0.717, 1.165) is 6.07 Å². The number of halogens is 2. The summed E-state index contributed by atoms with van der Waals surface area (Å²) in [6, 6.07) is 2.37. The van der Waals surface area contributed by atoms with E-state index in [1.807, 2.05) is 0 Å². The third-order valence-corrected chi connectivity index (χ3v) is 4.67. The summed E-state index contributed by atoms with van der Waals surface area (Å²) in [5.41, 5.74) is -1.62. The highest BCUT2D eigenvalue weighted by molar-refractivity contribution is 7.90. The van der Waals surface area contributed by atoms with Crippen LogP contribution >= 0.6 is 11.6 Å². The largest absolute Gasteiger partial charge is 0.598 e. The van der Waals surface area contributed by atoms with Crippen LogP contribution in [0.15, 0.2) is 12.1 Å². The van der Waals surface area contributed by atoms with E-state index in [0.29, 0.717) is 0 Å². The molecule has 5 nitrogen and oxygen atoms in total. The van der Waals surface area contributed by atoms with Gasteiger partial charge in [0.05, 0.1) is 6.42 Å². The van der Waals surface area contributed by atoms with Gasteiger partial charge in [-0.2, -0.15) is 0 Å². The summed E-state index contributed by atoms with van der Waals surface area (Å²) in [7, 11) is 0. The zero-order valence-corrected chi connectivity index (χ0v) is 13.8. The molecule has 0 saturated heterocycles. The molecule has 0 aromatic carbocycles. The molecule has 2 atom stereocenters. The van der Waals surface area contributed by atoms with Gasteiger partial charge in [-0.15, -0.1) is 4.72 Å². The second kappa shape index (κ2) is 6.48. The first-order valence-electron chi connectivity index (χ1n) is 6.20. The Kier molecular flexibility index (Phi) is 5.60. The van der Waals surface area contributed by atoms with Crippen LogP contribution in [-0.4, -0.2) is 25.4 Å². The molecular weight excluding hydrogens is 319 g/mol. The second-order valence-corrected chi connectivity index (χ2v) is 8.20. The smallest absolute Gasteiger partial charge is 0.305 e. The summed E-state index contributed by atoms with van der Waals surface area (Å²) in [4.78, 5) is 15.0. The Morgan fingerprint density at radius 3 is 2.52 bits per heavy atom. The van der Waals surface area contributed by atoms with Crippen molar-refractivity contribution in [3.63, 3.8) is 0 Å². The van der Waals surface area contributed by atoms with Crippen LogP contribution in [0.5, 0.6) is 0 Å². The lowest BCUT2D eigenvalue weighted by Gasteiger charge is -2.33. The first-order valence-corrected chi connectivity index (χ1v) is 7.72. The van der Waals surface area contributed by atoms with Crippen LogP contribution in [0.1, 0.15) is 39.8 Å². The van der Waals surface area contributed by atoms with Crippen LogP contribution in [0.2, 0.25) is 5.15 Å². The molecule has 2 N–H and O–H groups in total. The number of hydrogen-bond donors (Lipinski definition) is 2. The molecule has 2 unspecified atom stereocenters. The molecule has 1 rings (SSSR count). The monoisotopic (exact) mass is 336 g/mol. The normalized spacial score (nSPS) is 16.3. The zero-order valence-electron chi connectivity index (χ0n) is 12.2. The molecular formula is C13H18ClFN2O3S. The van der Waals surface area contributed by atoms with Gasteiger partial charge in [-0.1, -0.05) is 11.6 Å². The average molecular weight is 337 g/mol. The maximum absolute atomic E-state index is 14.0. The number of carbonyl (C=O) groups is 1. The molecule has 0 spiro atoms. The van der Waals surface area contributed by atoms with E-state index in [9.17, 15) is 13.7 Å². The lowest BCUT2D eigenvalue weighted by molar-refractivity contribution is -0.138. The van der Waals surface area contributed by atoms with Crippen molar-refractivity contribution >= 4 is 28.9 Å². The van der Waals surface area contributed by atoms with Crippen LogP contribution in [-0.2, 0) is 21.7 Å². The molecule has 0 aliphatic heterocycles. The molecule has 21 heavy (non-hydrogen) atoms. The van der Waals surface area contributed by atoms with Crippen molar-refractivity contribution < 1.29 is 18.8 Å². The molecule has 0 aliphatic carbocycles. The van der Waals surface area contributed by atoms with E-state index >= 15 is 0 Å². The van der Waals surface area contributed by atoms with Crippen molar-refractivity contribution in [1.82, 2.24) is 9.71 Å². The maximum Gasteiger partial charge on any atom is 0.305 e. The Morgan fingerprint density at radius 1 is 1.48 bits per heavy atom. The Morgan fingerprint density at radius 2 is 2.05 bits per heavy atom. The molecule has 1 aromatic rings. The molecule has 0 aliphatic rings. The van der Waals surface area contributed by atoms with Crippen molar-refractivity contribution in [1.29, 1.82) is 0 Å². The van der Waals surface area contributed by atoms with Gasteiger partial charge in [0.15, 0.2) is 0 Å². The van der Waals surface area contributed by atoms with Crippen LogP contribution in [0, 0.1) is 5.82 Å². The van der Waals surface area contributed by atoms with E-state index in [-0.39, 0.29) is 10.8 Å². The highest BCUT2D eigenvalue weighted by atomic mass is 35.5. The number of carboxylic acids is 1. The van der Waals surface area contributed by atoms with Gasteiger partial charge < -0.3 is 9.66 Å². The summed E-state index contributed by atoms with van der Waals surface area (Å²) in [6.07, 6.45) is -0.487. The van der Waals surface area contributed by atoms with Crippen molar-refractivity contribution in [3.8, 4) is 0 Å². The molecule has 1 heterocycles. The minimum Gasteiger partial charge on any atom is -0.598 e. The Hall–Kier alpha value is -0.890. The highest BCUT2D eigenvalue weighted by Crippen LogP contribution is 2.30. The second-order valence-electron chi connectivity index (χ2n) is 5.85. The third kappa shape index (κ3) is 4.81. The fraction of sp³-hybridized carbons (Fsp3) is 0.538. The van der Waals surface area contributed by atoms with E-state index in [2.05, 4.69) is 9.71 Å². The standard InChI is InChI=1S/C13H18ClFN2O3S/c1-12(2,3)21(20)17-13(4,7-10(18)19)11-8(15)5-6-9(14)16-11/h5-6,17H,7H2,1-4H3,(H,18,19). The third-order valence-electron chi connectivity index (χ3n) is 2.71. The number of hydrogen-bond acceptors (Lipinski definition) is 4. The first-order chi connectivity index (χ1) is 9.45. The number of nitrogens with one attached hydrogen (secondary N) is 1. The number of carboxylic acid groups (broad SMARTS) is 1. The van der Waals surface area contributed by atoms with Crippen molar-refractivity contribution in [2.75, 3.05) is 0 Å². The van der Waals surface area contributed by atoms with Gasteiger partial charge in [-0.05, 0) is 39.8 Å². The predicted octanol–water partition coefficient (Wildman–Crippen LogP) is 2.62. The number of pyridine rings is 1. The van der Waals surface area contributed by atoms with Crippen LogP contribution in [0.25, 0.3) is 0 Å². The van der Waals surface area contributed by atoms with Gasteiger partial charge in [-0.25, -0.2) is 9.37 Å². The molecule has 1 aromatic heterocycles. The minimum atomic E-state index is -1.60. The highest BCUT2D eigenvalue weighted by Gasteiger charge is 2.41. The lowest BCUT2D eigenvalue weighted by Crippen LogP contribution is -2.51. The fourth-order valence-corrected chi connectivity index (χ4v) is 2.67. The van der Waals surface area contributed by atoms with Gasteiger partial charge in [0, 0.05) is 11.4 Å². The SMILES string of the molecule is CC(CC(=O)O)(N[S+]([O-])C(C)(C)C)c1nc(Cl)ccc1F. The maximum atomic E-state index is 14.0. The average Bonchev–Trinajstić information content (AvgIpc) is 2.29. The first kappa shape index (κ1) is 18.2. The summed E-state index contributed by atoms with van der Waals surface area (Å²) < 4.78 is 28.3. The van der Waals surface area contributed by atoms with E-state index in [4.69, 9.17) is 16.7 Å². The Balaban J connectivity index is 3.26. The molecule has 0 radical (unpaired) electrons. The molecule has 0 amide bonds. The van der Waals surface area contributed by atoms with E-state index < -0.39 is 39.9 Å². The van der Waals surface area contributed by atoms with Gasteiger partial charge in [0.25, 0.3) is 0 Å². The van der Waals surface area contributed by atoms with Crippen molar-refractivity contribution in [2.45, 2.75) is 44.4 Å². The topological polar surface area (TPSA) is 85.3 Å². The van der Waals surface area contributed by atoms with Crippen LogP contribution in [0.4, 0.5) is 4.39 Å². The molecule has 118 valence electrons. The summed E-state index contributed by atoms with van der Waals surface area (Å²) in [5.74, 6) is -1.88. The quantitative estimate of drug-likeness (QED) is 0.637.